The number of fused-ring (bicyclic) bond motifs is 1. The average molecular weight is 368 g/mol. The summed E-state index contributed by atoms with van der Waals surface area (Å²) in [5.74, 6) is -0.417. The number of thiophene rings is 1. The van der Waals surface area contributed by atoms with Gasteiger partial charge in [-0.1, -0.05) is 11.8 Å². The molecule has 2 heterocycles. The van der Waals surface area contributed by atoms with E-state index in [1.54, 1.807) is 11.5 Å². The van der Waals surface area contributed by atoms with Crippen molar-refractivity contribution in [2.75, 3.05) is 12.3 Å². The van der Waals surface area contributed by atoms with Crippen molar-refractivity contribution in [3.63, 3.8) is 0 Å². The fourth-order valence-corrected chi connectivity index (χ4v) is 4.13. The normalized spacial score (nSPS) is 10.8. The molecule has 0 radical (unpaired) electrons. The molecule has 7 nitrogen and oxygen atoms in total. The lowest BCUT2D eigenvalue weighted by atomic mass is 10.2. The smallest absolute Gasteiger partial charge is 0.321 e. The molecule has 2 rings (SSSR count). The molecule has 0 saturated carbocycles. The molecule has 0 atom stereocenters. The molecule has 2 aromatic heterocycles. The zero-order chi connectivity index (χ0) is 17.9. The van der Waals surface area contributed by atoms with Crippen LogP contribution in [0.25, 0.3) is 10.2 Å². The zero-order valence-corrected chi connectivity index (χ0v) is 15.7. The maximum atomic E-state index is 12.7. The summed E-state index contributed by atoms with van der Waals surface area (Å²) in [5.41, 5.74) is 0.871. The van der Waals surface area contributed by atoms with Gasteiger partial charge in [-0.05, 0) is 33.3 Å². The van der Waals surface area contributed by atoms with Gasteiger partial charge in [0.1, 0.15) is 4.83 Å². The second-order valence-electron chi connectivity index (χ2n) is 5.10. The molecule has 2 aromatic rings. The number of aromatic nitrogens is 2. The van der Waals surface area contributed by atoms with Crippen LogP contribution in [0, 0.1) is 13.8 Å². The zero-order valence-electron chi connectivity index (χ0n) is 14.1. The minimum Gasteiger partial charge on any atom is -0.338 e. The minimum atomic E-state index is -0.524. The summed E-state index contributed by atoms with van der Waals surface area (Å²) in [6.45, 7) is 8.42. The Morgan fingerprint density at radius 1 is 1.29 bits per heavy atom. The number of carbonyl (C=O) groups is 2. The number of carbonyl (C=O) groups excluding carboxylic acids is 2. The fraction of sp³-hybridized carbons (Fsp3) is 0.467. The SMILES string of the molecule is CCNC(=O)NC(=O)CSc1nc2sc(C)c(C)c2c(=O)n1CC. The largest absolute Gasteiger partial charge is 0.338 e. The Bertz CT molecular complexity index is 841. The molecule has 2 N–H and O–H groups in total. The van der Waals surface area contributed by atoms with Crippen LogP contribution >= 0.6 is 23.1 Å². The third kappa shape index (κ3) is 3.78. The lowest BCUT2D eigenvalue weighted by Gasteiger charge is -2.10. The number of urea groups is 1. The molecule has 3 amide bonds. The van der Waals surface area contributed by atoms with Crippen LogP contribution < -0.4 is 16.2 Å². The lowest BCUT2D eigenvalue weighted by molar-refractivity contribution is -0.117. The van der Waals surface area contributed by atoms with Crippen LogP contribution in [0.5, 0.6) is 0 Å². The first-order valence-electron chi connectivity index (χ1n) is 7.60. The Morgan fingerprint density at radius 2 is 2.00 bits per heavy atom. The van der Waals surface area contributed by atoms with E-state index in [1.165, 1.54) is 11.3 Å². The molecule has 24 heavy (non-hydrogen) atoms. The number of hydrogen-bond acceptors (Lipinski definition) is 6. The molecular weight excluding hydrogens is 348 g/mol. The number of imide groups is 1. The van der Waals surface area contributed by atoms with Gasteiger partial charge in [0.15, 0.2) is 5.16 Å². The second kappa shape index (κ2) is 7.80. The highest BCUT2D eigenvalue weighted by molar-refractivity contribution is 7.99. The average Bonchev–Trinajstić information content (AvgIpc) is 2.80. The quantitative estimate of drug-likeness (QED) is 0.622. The maximum absolute atomic E-state index is 12.7. The van der Waals surface area contributed by atoms with Gasteiger partial charge in [0.05, 0.1) is 11.1 Å². The lowest BCUT2D eigenvalue weighted by Crippen LogP contribution is -2.40. The van der Waals surface area contributed by atoms with Crippen LogP contribution in [-0.2, 0) is 11.3 Å². The molecule has 0 aliphatic rings. The number of hydrogen-bond donors (Lipinski definition) is 2. The first-order valence-corrected chi connectivity index (χ1v) is 9.40. The minimum absolute atomic E-state index is 0.0123. The number of nitrogens with one attached hydrogen (secondary N) is 2. The topological polar surface area (TPSA) is 93.1 Å². The summed E-state index contributed by atoms with van der Waals surface area (Å²) in [6.07, 6.45) is 0. The summed E-state index contributed by atoms with van der Waals surface area (Å²) < 4.78 is 1.56. The molecular formula is C15H20N4O3S2. The van der Waals surface area contributed by atoms with Crippen molar-refractivity contribution >= 4 is 45.3 Å². The number of thioether (sulfide) groups is 1. The standard InChI is InChI=1S/C15H20N4O3S2/c1-5-16-14(22)17-10(20)7-23-15-18-12-11(8(3)9(4)24-12)13(21)19(15)6-2/h5-7H2,1-4H3,(H2,16,17,20,22). The van der Waals surface area contributed by atoms with Gasteiger partial charge in [0, 0.05) is 18.0 Å². The van der Waals surface area contributed by atoms with E-state index in [0.717, 1.165) is 22.2 Å². The van der Waals surface area contributed by atoms with Gasteiger partial charge in [-0.15, -0.1) is 11.3 Å². The highest BCUT2D eigenvalue weighted by atomic mass is 32.2. The van der Waals surface area contributed by atoms with Crippen LogP contribution in [-0.4, -0.2) is 33.8 Å². The van der Waals surface area contributed by atoms with Crippen LogP contribution in [0.2, 0.25) is 0 Å². The molecule has 9 heteroatoms. The van der Waals surface area contributed by atoms with E-state index >= 15 is 0 Å². The van der Waals surface area contributed by atoms with Crippen LogP contribution in [0.15, 0.2) is 9.95 Å². The first-order chi connectivity index (χ1) is 11.4. The Kier molecular flexibility index (Phi) is 6.00. The predicted molar refractivity (Wildman–Crippen MR) is 97.0 cm³/mol. The Balaban J connectivity index is 2.24. The monoisotopic (exact) mass is 368 g/mol. The van der Waals surface area contributed by atoms with Crippen molar-refractivity contribution in [1.82, 2.24) is 20.2 Å². The van der Waals surface area contributed by atoms with E-state index < -0.39 is 11.9 Å². The van der Waals surface area contributed by atoms with Gasteiger partial charge < -0.3 is 5.32 Å². The second-order valence-corrected chi connectivity index (χ2v) is 7.25. The van der Waals surface area contributed by atoms with Crippen molar-refractivity contribution in [3.8, 4) is 0 Å². The fourth-order valence-electron chi connectivity index (χ4n) is 2.20. The van der Waals surface area contributed by atoms with E-state index in [9.17, 15) is 14.4 Å². The van der Waals surface area contributed by atoms with Crippen LogP contribution in [0.1, 0.15) is 24.3 Å². The molecule has 0 saturated heterocycles. The highest BCUT2D eigenvalue weighted by Gasteiger charge is 2.17. The number of nitrogens with zero attached hydrogens (tertiary/aromatic N) is 2. The van der Waals surface area contributed by atoms with Gasteiger partial charge in [-0.3, -0.25) is 19.5 Å². The third-order valence-electron chi connectivity index (χ3n) is 3.49. The maximum Gasteiger partial charge on any atom is 0.321 e. The summed E-state index contributed by atoms with van der Waals surface area (Å²) in [4.78, 5) is 42.1. The summed E-state index contributed by atoms with van der Waals surface area (Å²) in [5, 5.41) is 5.86. The van der Waals surface area contributed by atoms with E-state index in [-0.39, 0.29) is 11.3 Å². The van der Waals surface area contributed by atoms with Crippen molar-refractivity contribution in [2.24, 2.45) is 0 Å². The van der Waals surface area contributed by atoms with Crippen molar-refractivity contribution in [3.05, 3.63) is 20.8 Å². The van der Waals surface area contributed by atoms with Gasteiger partial charge in [0.2, 0.25) is 5.91 Å². The van der Waals surface area contributed by atoms with Crippen LogP contribution in [0.4, 0.5) is 4.79 Å². The van der Waals surface area contributed by atoms with E-state index in [1.807, 2.05) is 20.8 Å². The van der Waals surface area contributed by atoms with Gasteiger partial charge in [-0.25, -0.2) is 9.78 Å². The van der Waals surface area contributed by atoms with Gasteiger partial charge in [0.25, 0.3) is 5.56 Å². The van der Waals surface area contributed by atoms with Crippen molar-refractivity contribution < 1.29 is 9.59 Å². The molecule has 0 aliphatic heterocycles. The summed E-state index contributed by atoms with van der Waals surface area (Å²) >= 11 is 2.63. The number of aryl methyl sites for hydroxylation is 2. The van der Waals surface area contributed by atoms with Gasteiger partial charge in [-0.2, -0.15) is 0 Å². The highest BCUT2D eigenvalue weighted by Crippen LogP contribution is 2.28. The van der Waals surface area contributed by atoms with E-state index in [4.69, 9.17) is 0 Å². The molecule has 130 valence electrons. The number of amides is 3. The molecule has 0 aromatic carbocycles. The molecule has 0 bridgehead atoms. The number of rotatable bonds is 5. The summed E-state index contributed by atoms with van der Waals surface area (Å²) in [6, 6.07) is -0.524. The Labute approximate surface area is 147 Å². The molecule has 0 unspecified atom stereocenters. The summed E-state index contributed by atoms with van der Waals surface area (Å²) in [7, 11) is 0. The predicted octanol–water partition coefficient (Wildman–Crippen LogP) is 2.03. The molecule has 0 aliphatic carbocycles. The van der Waals surface area contributed by atoms with Gasteiger partial charge >= 0.3 is 6.03 Å². The van der Waals surface area contributed by atoms with Crippen molar-refractivity contribution in [1.29, 1.82) is 0 Å². The Morgan fingerprint density at radius 3 is 2.62 bits per heavy atom. The molecule has 0 spiro atoms. The molecule has 0 fully saturated rings. The first kappa shape index (κ1) is 18.5. The third-order valence-corrected chi connectivity index (χ3v) is 5.57. The van der Waals surface area contributed by atoms with E-state index in [0.29, 0.717) is 28.5 Å². The Hall–Kier alpha value is -1.87. The van der Waals surface area contributed by atoms with Crippen molar-refractivity contribution in [2.45, 2.75) is 39.4 Å². The van der Waals surface area contributed by atoms with Crippen LogP contribution in [0.3, 0.4) is 0 Å². The van der Waals surface area contributed by atoms with E-state index in [2.05, 4.69) is 15.6 Å².